The summed E-state index contributed by atoms with van der Waals surface area (Å²) in [5.74, 6) is -0.833. The van der Waals surface area contributed by atoms with Gasteiger partial charge in [-0.15, -0.1) is 0 Å². The van der Waals surface area contributed by atoms with Crippen molar-refractivity contribution in [2.75, 3.05) is 13.1 Å². The topological polar surface area (TPSA) is 66.8 Å². The maximum atomic E-state index is 11.5. The van der Waals surface area contributed by atoms with Gasteiger partial charge in [-0.05, 0) is 40.0 Å². The van der Waals surface area contributed by atoms with Crippen LogP contribution >= 0.6 is 0 Å². The van der Waals surface area contributed by atoms with Crippen LogP contribution in [0.4, 0.5) is 4.79 Å². The molecule has 5 heteroatoms. The molecule has 1 amide bonds. The molecule has 0 saturated carbocycles. The third kappa shape index (κ3) is 9.66. The predicted molar refractivity (Wildman–Crippen MR) is 65.0 cm³/mol. The number of aliphatic carboxylic acids is 1. The van der Waals surface area contributed by atoms with Gasteiger partial charge in [0.25, 0.3) is 5.97 Å². The molecule has 1 N–H and O–H groups in total. The van der Waals surface area contributed by atoms with Crippen molar-refractivity contribution in [1.29, 1.82) is 0 Å². The molecule has 5 nitrogen and oxygen atoms in total. The highest BCUT2D eigenvalue weighted by molar-refractivity contribution is 5.68. The number of rotatable bonds is 0. The summed E-state index contributed by atoms with van der Waals surface area (Å²) in [5, 5.41) is 7.42. The van der Waals surface area contributed by atoms with Gasteiger partial charge in [0.2, 0.25) is 0 Å². The highest BCUT2D eigenvalue weighted by atomic mass is 16.6. The molecule has 100 valence electrons. The Hall–Kier alpha value is -1.26. The molecule has 1 rings (SSSR count). The number of ether oxygens (including phenoxy) is 1. The lowest BCUT2D eigenvalue weighted by molar-refractivity contribution is -0.134. The third-order valence-corrected chi connectivity index (χ3v) is 2.01. The standard InChI is InChI=1S/C10H19NO2.C2H4O2/c1-10(2,3)13-9(12)11-7-5-4-6-8-11;1-2(3)4/h4-8H2,1-3H3;1H3,(H,3,4). The van der Waals surface area contributed by atoms with E-state index in [0.29, 0.717) is 0 Å². The van der Waals surface area contributed by atoms with E-state index < -0.39 is 5.97 Å². The van der Waals surface area contributed by atoms with E-state index in [4.69, 9.17) is 14.6 Å². The Labute approximate surface area is 103 Å². The van der Waals surface area contributed by atoms with Gasteiger partial charge in [0.15, 0.2) is 0 Å². The van der Waals surface area contributed by atoms with Gasteiger partial charge in [0, 0.05) is 20.0 Å². The van der Waals surface area contributed by atoms with Crippen LogP contribution in [0.3, 0.4) is 0 Å². The third-order valence-electron chi connectivity index (χ3n) is 2.01. The predicted octanol–water partition coefficient (Wildman–Crippen LogP) is 2.50. The minimum Gasteiger partial charge on any atom is -0.481 e. The van der Waals surface area contributed by atoms with Crippen molar-refractivity contribution in [2.24, 2.45) is 0 Å². The molecule has 0 unspecified atom stereocenters. The summed E-state index contributed by atoms with van der Waals surface area (Å²) < 4.78 is 5.26. The zero-order chi connectivity index (χ0) is 13.5. The summed E-state index contributed by atoms with van der Waals surface area (Å²) in [6.45, 7) is 8.49. The van der Waals surface area contributed by atoms with Crippen molar-refractivity contribution in [1.82, 2.24) is 4.90 Å². The molecule has 0 spiro atoms. The van der Waals surface area contributed by atoms with Crippen LogP contribution in [0.15, 0.2) is 0 Å². The van der Waals surface area contributed by atoms with Crippen LogP contribution in [0.1, 0.15) is 47.0 Å². The fraction of sp³-hybridized carbons (Fsp3) is 0.833. The van der Waals surface area contributed by atoms with E-state index in [1.54, 1.807) is 4.90 Å². The first kappa shape index (κ1) is 15.7. The minimum atomic E-state index is -0.833. The van der Waals surface area contributed by atoms with E-state index in [9.17, 15) is 4.79 Å². The van der Waals surface area contributed by atoms with Gasteiger partial charge >= 0.3 is 6.09 Å². The largest absolute Gasteiger partial charge is 0.481 e. The van der Waals surface area contributed by atoms with Crippen LogP contribution in [0.2, 0.25) is 0 Å². The second kappa shape index (κ2) is 7.14. The molecule has 0 aromatic heterocycles. The lowest BCUT2D eigenvalue weighted by Gasteiger charge is -2.29. The number of hydrogen-bond donors (Lipinski definition) is 1. The molecule has 0 aliphatic carbocycles. The van der Waals surface area contributed by atoms with Gasteiger partial charge in [0.05, 0.1) is 0 Å². The average molecular weight is 245 g/mol. The Morgan fingerprint density at radius 2 is 1.53 bits per heavy atom. The molecule has 0 aromatic rings. The van der Waals surface area contributed by atoms with Crippen molar-refractivity contribution in [2.45, 2.75) is 52.6 Å². The number of nitrogens with zero attached hydrogens (tertiary/aromatic N) is 1. The van der Waals surface area contributed by atoms with Crippen LogP contribution < -0.4 is 0 Å². The van der Waals surface area contributed by atoms with E-state index >= 15 is 0 Å². The highest BCUT2D eigenvalue weighted by Gasteiger charge is 2.22. The highest BCUT2D eigenvalue weighted by Crippen LogP contribution is 2.14. The minimum absolute atomic E-state index is 0.160. The molecular formula is C12H23NO4. The number of likely N-dealkylation sites (tertiary alicyclic amines) is 1. The van der Waals surface area contributed by atoms with Gasteiger partial charge in [-0.2, -0.15) is 0 Å². The molecule has 0 radical (unpaired) electrons. The molecule has 1 aliphatic heterocycles. The monoisotopic (exact) mass is 245 g/mol. The molecule has 0 bridgehead atoms. The maximum Gasteiger partial charge on any atom is 0.410 e. The Bertz CT molecular complexity index is 248. The molecule has 1 saturated heterocycles. The van der Waals surface area contributed by atoms with Crippen LogP contribution in [0.25, 0.3) is 0 Å². The normalized spacial score (nSPS) is 15.6. The summed E-state index contributed by atoms with van der Waals surface area (Å²) in [6, 6.07) is 0. The molecule has 17 heavy (non-hydrogen) atoms. The van der Waals surface area contributed by atoms with Gasteiger partial charge in [0.1, 0.15) is 5.60 Å². The molecule has 1 fully saturated rings. The van der Waals surface area contributed by atoms with Gasteiger partial charge in [-0.25, -0.2) is 4.79 Å². The van der Waals surface area contributed by atoms with Crippen molar-refractivity contribution < 1.29 is 19.4 Å². The number of carboxylic acid groups (broad SMARTS) is 1. The van der Waals surface area contributed by atoms with Crippen molar-refractivity contribution >= 4 is 12.1 Å². The summed E-state index contributed by atoms with van der Waals surface area (Å²) >= 11 is 0. The smallest absolute Gasteiger partial charge is 0.410 e. The zero-order valence-electron chi connectivity index (χ0n) is 11.2. The van der Waals surface area contributed by atoms with E-state index in [-0.39, 0.29) is 11.7 Å². The summed E-state index contributed by atoms with van der Waals surface area (Å²) in [5.41, 5.74) is -0.367. The maximum absolute atomic E-state index is 11.5. The zero-order valence-corrected chi connectivity index (χ0v) is 11.2. The number of carboxylic acids is 1. The Morgan fingerprint density at radius 1 is 1.12 bits per heavy atom. The van der Waals surface area contributed by atoms with E-state index in [1.165, 1.54) is 6.42 Å². The van der Waals surface area contributed by atoms with Gasteiger partial charge in [-0.1, -0.05) is 0 Å². The van der Waals surface area contributed by atoms with Crippen molar-refractivity contribution in [3.8, 4) is 0 Å². The van der Waals surface area contributed by atoms with E-state index in [1.807, 2.05) is 20.8 Å². The van der Waals surface area contributed by atoms with Crippen LogP contribution in [-0.4, -0.2) is 40.8 Å². The number of amides is 1. The summed E-state index contributed by atoms with van der Waals surface area (Å²) in [6.07, 6.45) is 3.30. The number of carbonyl (C=O) groups is 2. The van der Waals surface area contributed by atoms with Crippen LogP contribution in [0, 0.1) is 0 Å². The first-order chi connectivity index (χ1) is 7.72. The quantitative estimate of drug-likeness (QED) is 0.712. The summed E-state index contributed by atoms with van der Waals surface area (Å²) in [4.78, 5) is 22.3. The van der Waals surface area contributed by atoms with Crippen LogP contribution in [-0.2, 0) is 9.53 Å². The molecule has 1 heterocycles. The van der Waals surface area contributed by atoms with Crippen LogP contribution in [0.5, 0.6) is 0 Å². The van der Waals surface area contributed by atoms with E-state index in [2.05, 4.69) is 0 Å². The van der Waals surface area contributed by atoms with Gasteiger partial charge < -0.3 is 14.7 Å². The van der Waals surface area contributed by atoms with E-state index in [0.717, 1.165) is 32.9 Å². The second-order valence-electron chi connectivity index (χ2n) is 5.05. The molecule has 0 atom stereocenters. The molecule has 0 aromatic carbocycles. The Balaban J connectivity index is 0.000000557. The number of hydrogen-bond acceptors (Lipinski definition) is 3. The first-order valence-electron chi connectivity index (χ1n) is 5.90. The lowest BCUT2D eigenvalue weighted by Crippen LogP contribution is -2.39. The molecular weight excluding hydrogens is 222 g/mol. The second-order valence-corrected chi connectivity index (χ2v) is 5.05. The van der Waals surface area contributed by atoms with Crippen molar-refractivity contribution in [3.63, 3.8) is 0 Å². The van der Waals surface area contributed by atoms with Gasteiger partial charge in [-0.3, -0.25) is 4.79 Å². The fourth-order valence-electron chi connectivity index (χ4n) is 1.40. The molecule has 1 aliphatic rings. The summed E-state index contributed by atoms with van der Waals surface area (Å²) in [7, 11) is 0. The number of piperidine rings is 1. The fourth-order valence-corrected chi connectivity index (χ4v) is 1.40. The lowest BCUT2D eigenvalue weighted by atomic mass is 10.1. The first-order valence-corrected chi connectivity index (χ1v) is 5.90. The SMILES string of the molecule is CC(=O)O.CC(C)(C)OC(=O)N1CCCCC1. The van der Waals surface area contributed by atoms with Crippen molar-refractivity contribution in [3.05, 3.63) is 0 Å². The Morgan fingerprint density at radius 3 is 1.88 bits per heavy atom. The Kier molecular flexibility index (Phi) is 6.61. The number of carbonyl (C=O) groups excluding carboxylic acids is 1. The average Bonchev–Trinajstić information content (AvgIpc) is 2.15.